The van der Waals surface area contributed by atoms with E-state index in [1.807, 2.05) is 42.7 Å². The van der Waals surface area contributed by atoms with E-state index < -0.39 is 0 Å². The number of imidazole rings is 1. The highest BCUT2D eigenvalue weighted by Crippen LogP contribution is 2.09. The molecule has 0 saturated carbocycles. The van der Waals surface area contributed by atoms with Crippen LogP contribution in [0.15, 0.2) is 72.0 Å². The molecule has 2 aromatic carbocycles. The maximum absolute atomic E-state index is 5.92. The van der Waals surface area contributed by atoms with Crippen molar-refractivity contribution >= 4 is 41.5 Å². The Morgan fingerprint density at radius 1 is 0.966 bits per heavy atom. The quantitative estimate of drug-likeness (QED) is 0.265. The molecule has 2 N–H and O–H groups in total. The van der Waals surface area contributed by atoms with Crippen LogP contribution in [0.25, 0.3) is 0 Å². The predicted octanol–water partition coefficient (Wildman–Crippen LogP) is 4.15. The Hall–Kier alpha value is -2.06. The third kappa shape index (κ3) is 7.70. The van der Waals surface area contributed by atoms with Gasteiger partial charge in [-0.1, -0.05) is 54.1 Å². The first kappa shape index (κ1) is 23.2. The Labute approximate surface area is 194 Å². The van der Waals surface area contributed by atoms with E-state index in [2.05, 4.69) is 49.4 Å². The number of aliphatic imine (C=N–C) groups is 1. The van der Waals surface area contributed by atoms with Crippen molar-refractivity contribution in [2.75, 3.05) is 20.1 Å². The molecule has 0 unspecified atom stereocenters. The molecule has 0 bridgehead atoms. The third-order valence-electron chi connectivity index (χ3n) is 4.48. The minimum atomic E-state index is 0. The van der Waals surface area contributed by atoms with Crippen molar-refractivity contribution < 1.29 is 0 Å². The minimum absolute atomic E-state index is 0. The molecule has 0 aliphatic carbocycles. The molecule has 0 fully saturated rings. The topological polar surface area (TPSA) is 54.2 Å². The van der Waals surface area contributed by atoms with E-state index >= 15 is 0 Å². The normalized spacial score (nSPS) is 11.0. The number of hydrogen-bond donors (Lipinski definition) is 2. The van der Waals surface area contributed by atoms with Gasteiger partial charge in [0, 0.05) is 50.5 Å². The van der Waals surface area contributed by atoms with Gasteiger partial charge in [0.25, 0.3) is 0 Å². The smallest absolute Gasteiger partial charge is 0.191 e. The van der Waals surface area contributed by atoms with Crippen LogP contribution < -0.4 is 10.6 Å². The maximum Gasteiger partial charge on any atom is 0.191 e. The number of aromatic nitrogens is 2. The highest BCUT2D eigenvalue weighted by Gasteiger charge is 2.05. The summed E-state index contributed by atoms with van der Waals surface area (Å²) in [5, 5.41) is 7.47. The molecule has 0 aliphatic rings. The molecular weight excluding hydrogens is 497 g/mol. The molecule has 1 aromatic heterocycles. The first-order valence-electron chi connectivity index (χ1n) is 9.47. The largest absolute Gasteiger partial charge is 0.356 e. The van der Waals surface area contributed by atoms with Gasteiger partial charge in [0.2, 0.25) is 0 Å². The Balaban J connectivity index is 0.00000300. The molecule has 0 aliphatic heterocycles. The van der Waals surface area contributed by atoms with Crippen molar-refractivity contribution in [1.29, 1.82) is 0 Å². The first-order chi connectivity index (χ1) is 13.7. The number of nitrogens with zero attached hydrogens (tertiary/aromatic N) is 3. The maximum atomic E-state index is 5.92. The lowest BCUT2D eigenvalue weighted by atomic mass is 10.1. The zero-order valence-corrected chi connectivity index (χ0v) is 19.6. The molecule has 0 atom stereocenters. The fraction of sp³-hybridized carbons (Fsp3) is 0.273. The molecule has 154 valence electrons. The first-order valence-corrected chi connectivity index (χ1v) is 9.85. The lowest BCUT2D eigenvalue weighted by Crippen LogP contribution is -2.39. The SMILES string of the molecule is CN=C(NCCc1ccc(Cl)cc1)NCCc1nccn1Cc1ccccc1.I. The second kappa shape index (κ2) is 12.5. The van der Waals surface area contributed by atoms with Crippen molar-refractivity contribution in [1.82, 2.24) is 20.2 Å². The fourth-order valence-electron chi connectivity index (χ4n) is 2.98. The monoisotopic (exact) mass is 523 g/mol. The van der Waals surface area contributed by atoms with Crippen molar-refractivity contribution in [3.05, 3.63) is 89.0 Å². The number of rotatable bonds is 8. The van der Waals surface area contributed by atoms with Gasteiger partial charge in [-0.25, -0.2) is 4.98 Å². The van der Waals surface area contributed by atoms with Gasteiger partial charge in [0.1, 0.15) is 5.82 Å². The van der Waals surface area contributed by atoms with E-state index in [9.17, 15) is 0 Å². The van der Waals surface area contributed by atoms with Crippen LogP contribution in [0, 0.1) is 0 Å². The summed E-state index contributed by atoms with van der Waals surface area (Å²) in [4.78, 5) is 8.78. The Morgan fingerprint density at radius 3 is 2.34 bits per heavy atom. The number of nitrogens with one attached hydrogen (secondary N) is 2. The van der Waals surface area contributed by atoms with Gasteiger partial charge in [-0.15, -0.1) is 24.0 Å². The molecule has 3 rings (SSSR count). The highest BCUT2D eigenvalue weighted by molar-refractivity contribution is 14.0. The van der Waals surface area contributed by atoms with Crippen LogP contribution in [0.2, 0.25) is 5.02 Å². The lowest BCUT2D eigenvalue weighted by molar-refractivity contribution is 0.693. The van der Waals surface area contributed by atoms with E-state index in [4.69, 9.17) is 11.6 Å². The highest BCUT2D eigenvalue weighted by atomic mass is 127. The van der Waals surface area contributed by atoms with Crippen LogP contribution in [0.5, 0.6) is 0 Å². The molecular formula is C22H27ClIN5. The molecule has 7 heteroatoms. The van der Waals surface area contributed by atoms with E-state index in [-0.39, 0.29) is 24.0 Å². The van der Waals surface area contributed by atoms with Crippen LogP contribution in [0.3, 0.4) is 0 Å². The lowest BCUT2D eigenvalue weighted by Gasteiger charge is -2.13. The summed E-state index contributed by atoms with van der Waals surface area (Å²) in [5.41, 5.74) is 2.52. The molecule has 29 heavy (non-hydrogen) atoms. The molecule has 5 nitrogen and oxygen atoms in total. The van der Waals surface area contributed by atoms with Gasteiger partial charge < -0.3 is 15.2 Å². The molecule has 0 saturated heterocycles. The van der Waals surface area contributed by atoms with Crippen LogP contribution in [0.1, 0.15) is 17.0 Å². The van der Waals surface area contributed by atoms with Crippen molar-refractivity contribution in [2.24, 2.45) is 4.99 Å². The van der Waals surface area contributed by atoms with E-state index in [0.29, 0.717) is 0 Å². The van der Waals surface area contributed by atoms with Crippen molar-refractivity contribution in [3.8, 4) is 0 Å². The molecule has 0 amide bonds. The zero-order chi connectivity index (χ0) is 19.6. The van der Waals surface area contributed by atoms with E-state index in [1.165, 1.54) is 11.1 Å². The average Bonchev–Trinajstić information content (AvgIpc) is 3.16. The van der Waals surface area contributed by atoms with Crippen LogP contribution >= 0.6 is 35.6 Å². The Morgan fingerprint density at radius 2 is 1.66 bits per heavy atom. The van der Waals surface area contributed by atoms with Gasteiger partial charge in [-0.05, 0) is 29.7 Å². The van der Waals surface area contributed by atoms with Gasteiger partial charge in [-0.3, -0.25) is 4.99 Å². The van der Waals surface area contributed by atoms with Crippen LogP contribution in [0.4, 0.5) is 0 Å². The number of hydrogen-bond acceptors (Lipinski definition) is 2. The zero-order valence-electron chi connectivity index (χ0n) is 16.5. The fourth-order valence-corrected chi connectivity index (χ4v) is 3.11. The van der Waals surface area contributed by atoms with Crippen molar-refractivity contribution in [3.63, 3.8) is 0 Å². The van der Waals surface area contributed by atoms with E-state index in [0.717, 1.165) is 49.3 Å². The summed E-state index contributed by atoms with van der Waals surface area (Å²) in [5.74, 6) is 1.86. The summed E-state index contributed by atoms with van der Waals surface area (Å²) in [6.07, 6.45) is 5.63. The predicted molar refractivity (Wildman–Crippen MR) is 131 cm³/mol. The summed E-state index contributed by atoms with van der Waals surface area (Å²) in [6, 6.07) is 18.4. The van der Waals surface area contributed by atoms with Gasteiger partial charge in [-0.2, -0.15) is 0 Å². The van der Waals surface area contributed by atoms with Crippen molar-refractivity contribution in [2.45, 2.75) is 19.4 Å². The van der Waals surface area contributed by atoms with Gasteiger partial charge in [0.15, 0.2) is 5.96 Å². The third-order valence-corrected chi connectivity index (χ3v) is 4.73. The van der Waals surface area contributed by atoms with Gasteiger partial charge in [0.05, 0.1) is 0 Å². The second-order valence-electron chi connectivity index (χ2n) is 6.51. The van der Waals surface area contributed by atoms with Gasteiger partial charge >= 0.3 is 0 Å². The minimum Gasteiger partial charge on any atom is -0.356 e. The molecule has 0 spiro atoms. The Bertz CT molecular complexity index is 878. The summed E-state index contributed by atoms with van der Waals surface area (Å²) >= 11 is 5.92. The van der Waals surface area contributed by atoms with E-state index in [1.54, 1.807) is 7.05 Å². The van der Waals surface area contributed by atoms with Crippen LogP contribution in [-0.4, -0.2) is 35.6 Å². The van der Waals surface area contributed by atoms with Crippen LogP contribution in [-0.2, 0) is 19.4 Å². The number of halogens is 2. The summed E-state index contributed by atoms with van der Waals surface area (Å²) < 4.78 is 2.19. The number of guanidine groups is 1. The Kier molecular flexibility index (Phi) is 10.0. The summed E-state index contributed by atoms with van der Waals surface area (Å²) in [7, 11) is 1.79. The standard InChI is InChI=1S/C22H26ClN5.HI/c1-24-22(26-13-11-18-7-9-20(23)10-8-18)27-14-12-21-25-15-16-28(21)17-19-5-3-2-4-6-19;/h2-10,15-16H,11-14,17H2,1H3,(H2,24,26,27);1H. The molecule has 0 radical (unpaired) electrons. The molecule has 3 aromatic rings. The summed E-state index contributed by atoms with van der Waals surface area (Å²) in [6.45, 7) is 2.42. The average molecular weight is 524 g/mol. The molecule has 1 heterocycles. The number of benzene rings is 2. The second-order valence-corrected chi connectivity index (χ2v) is 6.95.